The lowest BCUT2D eigenvalue weighted by Gasteiger charge is -2.21. The van der Waals surface area contributed by atoms with Gasteiger partial charge in [0.15, 0.2) is 0 Å². The molecule has 6 N–H and O–H groups in total. The summed E-state index contributed by atoms with van der Waals surface area (Å²) in [6, 6.07) is 22.4. The molecule has 0 aromatic heterocycles. The molecule has 0 heterocycles. The highest BCUT2D eigenvalue weighted by molar-refractivity contribution is 5.90. The third-order valence-electron chi connectivity index (χ3n) is 5.25. The van der Waals surface area contributed by atoms with E-state index in [4.69, 9.17) is 11.5 Å². The minimum atomic E-state index is -0.721. The Labute approximate surface area is 183 Å². The van der Waals surface area contributed by atoms with Crippen LogP contribution in [0, 0.1) is 0 Å². The smallest absolute Gasteiger partial charge is 0.243 e. The Hall–Kier alpha value is -3.22. The maximum Gasteiger partial charge on any atom is 0.243 e. The summed E-state index contributed by atoms with van der Waals surface area (Å²) in [7, 11) is 0. The van der Waals surface area contributed by atoms with Crippen molar-refractivity contribution in [2.45, 2.75) is 37.9 Å². The first-order valence-corrected chi connectivity index (χ1v) is 10.6. The molecule has 2 atom stereocenters. The van der Waals surface area contributed by atoms with E-state index < -0.39 is 12.1 Å². The fourth-order valence-corrected chi connectivity index (χ4v) is 3.47. The fraction of sp³-hybridized carbons (Fsp3) is 0.280. The predicted octanol–water partition coefficient (Wildman–Crippen LogP) is 2.25. The highest BCUT2D eigenvalue weighted by Gasteiger charge is 2.24. The molecular formula is C25H30N4O2. The number of nitrogens with two attached hydrogens (primary N) is 2. The van der Waals surface area contributed by atoms with Gasteiger partial charge >= 0.3 is 0 Å². The Kier molecular flexibility index (Phi) is 8.15. The van der Waals surface area contributed by atoms with Crippen molar-refractivity contribution in [3.05, 3.63) is 83.9 Å². The molecule has 0 aliphatic rings. The van der Waals surface area contributed by atoms with Crippen LogP contribution in [0.3, 0.4) is 0 Å². The SMILES string of the molecule is NCCC[C@@H](N)C(=O)N[C@@H](Cc1ccc2ccccc2c1)C(=O)NCc1ccccc1. The highest BCUT2D eigenvalue weighted by atomic mass is 16.2. The quantitative estimate of drug-likeness (QED) is 0.405. The summed E-state index contributed by atoms with van der Waals surface area (Å²) in [5.41, 5.74) is 13.5. The van der Waals surface area contributed by atoms with Crippen molar-refractivity contribution in [3.8, 4) is 0 Å². The van der Waals surface area contributed by atoms with Crippen LogP contribution in [0.5, 0.6) is 0 Å². The van der Waals surface area contributed by atoms with Gasteiger partial charge in [0.2, 0.25) is 11.8 Å². The van der Waals surface area contributed by atoms with E-state index in [1.54, 1.807) is 0 Å². The van der Waals surface area contributed by atoms with E-state index in [1.165, 1.54) is 0 Å². The minimum absolute atomic E-state index is 0.239. The molecule has 0 saturated carbocycles. The zero-order valence-corrected chi connectivity index (χ0v) is 17.6. The van der Waals surface area contributed by atoms with E-state index >= 15 is 0 Å². The largest absolute Gasteiger partial charge is 0.350 e. The van der Waals surface area contributed by atoms with Gasteiger partial charge in [-0.25, -0.2) is 0 Å². The molecule has 162 valence electrons. The maximum atomic E-state index is 13.0. The lowest BCUT2D eigenvalue weighted by atomic mass is 10.0. The first-order chi connectivity index (χ1) is 15.1. The fourth-order valence-electron chi connectivity index (χ4n) is 3.47. The summed E-state index contributed by atoms with van der Waals surface area (Å²) in [5.74, 6) is -0.578. The van der Waals surface area contributed by atoms with Crippen molar-refractivity contribution >= 4 is 22.6 Å². The Morgan fingerprint density at radius 3 is 2.29 bits per heavy atom. The van der Waals surface area contributed by atoms with Gasteiger partial charge in [-0.1, -0.05) is 72.8 Å². The molecule has 0 fully saturated rings. The molecule has 31 heavy (non-hydrogen) atoms. The number of nitrogens with one attached hydrogen (secondary N) is 2. The van der Waals surface area contributed by atoms with Crippen molar-refractivity contribution in [2.24, 2.45) is 11.5 Å². The molecule has 0 saturated heterocycles. The summed E-state index contributed by atoms with van der Waals surface area (Å²) < 4.78 is 0. The Balaban J connectivity index is 1.73. The van der Waals surface area contributed by atoms with Crippen LogP contribution in [0.1, 0.15) is 24.0 Å². The van der Waals surface area contributed by atoms with Crippen molar-refractivity contribution in [1.82, 2.24) is 10.6 Å². The van der Waals surface area contributed by atoms with Crippen LogP contribution in [0.2, 0.25) is 0 Å². The standard InChI is InChI=1S/C25H30N4O2/c26-14-6-11-22(27)24(30)29-23(25(31)28-17-18-7-2-1-3-8-18)16-19-12-13-20-9-4-5-10-21(20)15-19/h1-5,7-10,12-13,15,22-23H,6,11,14,16-17,26-27H2,(H,28,31)(H,29,30)/t22-,23+/m1/s1. The molecule has 0 aliphatic carbocycles. The molecule has 0 aliphatic heterocycles. The molecule has 6 heteroatoms. The second kappa shape index (κ2) is 11.2. The second-order valence-electron chi connectivity index (χ2n) is 7.69. The first-order valence-electron chi connectivity index (χ1n) is 10.6. The molecule has 3 aromatic rings. The number of hydrogen-bond acceptors (Lipinski definition) is 4. The lowest BCUT2D eigenvalue weighted by Crippen LogP contribution is -2.52. The molecule has 0 radical (unpaired) electrons. The van der Waals surface area contributed by atoms with Crippen LogP contribution >= 0.6 is 0 Å². The van der Waals surface area contributed by atoms with Crippen LogP contribution in [0.15, 0.2) is 72.8 Å². The van der Waals surface area contributed by atoms with E-state index in [2.05, 4.69) is 10.6 Å². The molecule has 3 rings (SSSR count). The number of hydrogen-bond donors (Lipinski definition) is 4. The molecule has 2 amide bonds. The highest BCUT2D eigenvalue weighted by Crippen LogP contribution is 2.17. The van der Waals surface area contributed by atoms with E-state index in [1.807, 2.05) is 72.8 Å². The summed E-state index contributed by atoms with van der Waals surface area (Å²) >= 11 is 0. The van der Waals surface area contributed by atoms with Gasteiger partial charge in [-0.05, 0) is 41.3 Å². The topological polar surface area (TPSA) is 110 Å². The van der Waals surface area contributed by atoms with Crippen LogP contribution in [-0.2, 0) is 22.6 Å². The van der Waals surface area contributed by atoms with Crippen molar-refractivity contribution in [3.63, 3.8) is 0 Å². The van der Waals surface area contributed by atoms with Crippen molar-refractivity contribution < 1.29 is 9.59 Å². The lowest BCUT2D eigenvalue weighted by molar-refractivity contribution is -0.129. The van der Waals surface area contributed by atoms with E-state index in [-0.39, 0.29) is 11.8 Å². The monoisotopic (exact) mass is 418 g/mol. The van der Waals surface area contributed by atoms with Crippen LogP contribution < -0.4 is 22.1 Å². The van der Waals surface area contributed by atoms with Crippen LogP contribution in [0.25, 0.3) is 10.8 Å². The summed E-state index contributed by atoms with van der Waals surface area (Å²) in [4.78, 5) is 25.6. The van der Waals surface area contributed by atoms with Gasteiger partial charge in [0, 0.05) is 13.0 Å². The molecule has 0 bridgehead atoms. The number of carbonyl (C=O) groups excluding carboxylic acids is 2. The van der Waals surface area contributed by atoms with Gasteiger partial charge in [0.05, 0.1) is 6.04 Å². The first kappa shape index (κ1) is 22.5. The Bertz CT molecular complexity index is 1010. The molecule has 0 unspecified atom stereocenters. The average molecular weight is 419 g/mol. The summed E-state index contributed by atoms with van der Waals surface area (Å²) in [6.07, 6.45) is 1.52. The van der Waals surface area contributed by atoms with E-state index in [0.29, 0.717) is 32.4 Å². The number of benzene rings is 3. The summed E-state index contributed by atoms with van der Waals surface area (Å²) in [5, 5.41) is 7.99. The van der Waals surface area contributed by atoms with E-state index in [9.17, 15) is 9.59 Å². The number of rotatable bonds is 10. The predicted molar refractivity (Wildman–Crippen MR) is 124 cm³/mol. The van der Waals surface area contributed by atoms with Crippen LogP contribution in [-0.4, -0.2) is 30.4 Å². The maximum absolute atomic E-state index is 13.0. The zero-order valence-electron chi connectivity index (χ0n) is 17.6. The number of amides is 2. The third-order valence-corrected chi connectivity index (χ3v) is 5.25. The molecule has 0 spiro atoms. The van der Waals surface area contributed by atoms with Crippen LogP contribution in [0.4, 0.5) is 0 Å². The second-order valence-corrected chi connectivity index (χ2v) is 7.69. The van der Waals surface area contributed by atoms with E-state index in [0.717, 1.165) is 21.9 Å². The van der Waals surface area contributed by atoms with Gasteiger partial charge < -0.3 is 22.1 Å². The minimum Gasteiger partial charge on any atom is -0.350 e. The average Bonchev–Trinajstić information content (AvgIpc) is 2.81. The summed E-state index contributed by atoms with van der Waals surface area (Å²) in [6.45, 7) is 0.863. The zero-order chi connectivity index (χ0) is 22.1. The third kappa shape index (κ3) is 6.64. The Morgan fingerprint density at radius 2 is 1.55 bits per heavy atom. The molecule has 6 nitrogen and oxygen atoms in total. The normalized spacial score (nSPS) is 12.8. The molecule has 3 aromatic carbocycles. The number of carbonyl (C=O) groups is 2. The van der Waals surface area contributed by atoms with Crippen molar-refractivity contribution in [1.29, 1.82) is 0 Å². The van der Waals surface area contributed by atoms with Gasteiger partial charge in [-0.2, -0.15) is 0 Å². The van der Waals surface area contributed by atoms with Gasteiger partial charge in [-0.3, -0.25) is 9.59 Å². The number of fused-ring (bicyclic) bond motifs is 1. The van der Waals surface area contributed by atoms with Crippen molar-refractivity contribution in [2.75, 3.05) is 6.54 Å². The van der Waals surface area contributed by atoms with Gasteiger partial charge in [0.25, 0.3) is 0 Å². The Morgan fingerprint density at radius 1 is 0.839 bits per heavy atom. The molecular weight excluding hydrogens is 388 g/mol. The van der Waals surface area contributed by atoms with Gasteiger partial charge in [-0.15, -0.1) is 0 Å². The van der Waals surface area contributed by atoms with Gasteiger partial charge in [0.1, 0.15) is 6.04 Å².